The largest absolute Gasteiger partial charge is 0.472 e. The van der Waals surface area contributed by atoms with Crippen LogP contribution in [0.25, 0.3) is 0 Å². The Bertz CT molecular complexity index is 687. The summed E-state index contributed by atoms with van der Waals surface area (Å²) in [5.74, 6) is 3.00. The first-order chi connectivity index (χ1) is 12.9. The maximum atomic E-state index is 6.60. The smallest absolute Gasteiger partial charge is 0.0937 e. The van der Waals surface area contributed by atoms with Crippen LogP contribution in [0.2, 0.25) is 0 Å². The molecule has 0 spiro atoms. The van der Waals surface area contributed by atoms with Crippen LogP contribution in [0.1, 0.15) is 83.1 Å². The van der Waals surface area contributed by atoms with Gasteiger partial charge in [0.1, 0.15) is 0 Å². The SMILES string of the molecule is CO[C@]12CC[C@H](c3ccoc3)[C@@]1(C)CC[C@H]1[C@H]2CC[C@@H]2C[C@@H](S)CC[C@@]21C. The molecular formula is C24H36O2S. The normalized spacial score (nSPS) is 52.1. The number of methoxy groups -OCH3 is 1. The van der Waals surface area contributed by atoms with Crippen LogP contribution in [0, 0.1) is 28.6 Å². The molecule has 0 aliphatic heterocycles. The first-order valence-electron chi connectivity index (χ1n) is 11.2. The fourth-order valence-electron chi connectivity index (χ4n) is 8.67. The summed E-state index contributed by atoms with van der Waals surface area (Å²) >= 11 is 4.85. The van der Waals surface area contributed by atoms with Gasteiger partial charge >= 0.3 is 0 Å². The van der Waals surface area contributed by atoms with E-state index in [1.54, 1.807) is 0 Å². The fourth-order valence-corrected chi connectivity index (χ4v) is 9.05. The van der Waals surface area contributed by atoms with Crippen LogP contribution in [-0.2, 0) is 4.74 Å². The molecule has 0 radical (unpaired) electrons. The number of rotatable bonds is 2. The van der Waals surface area contributed by atoms with Crippen molar-refractivity contribution in [2.45, 2.75) is 88.4 Å². The van der Waals surface area contributed by atoms with Gasteiger partial charge in [0, 0.05) is 17.8 Å². The third-order valence-corrected chi connectivity index (χ3v) is 10.6. The second-order valence-corrected chi connectivity index (χ2v) is 11.3. The standard InChI is InChI=1S/C24H36O2S/c1-22-10-6-18(27)14-17(22)4-5-21-20(22)7-11-23(2)19(16-9-13-26-15-16)8-12-24(21,23)25-3/h9,13,15,17-21,27H,4-8,10-12,14H2,1-3H3/t17-,18+,19-,20+,21-,22+,23-,24+/m1/s1. The summed E-state index contributed by atoms with van der Waals surface area (Å²) in [5.41, 5.74) is 2.17. The van der Waals surface area contributed by atoms with Crippen LogP contribution in [0.4, 0.5) is 0 Å². The van der Waals surface area contributed by atoms with Gasteiger partial charge in [0.25, 0.3) is 0 Å². The summed E-state index contributed by atoms with van der Waals surface area (Å²) in [4.78, 5) is 0. The lowest BCUT2D eigenvalue weighted by atomic mass is 9.43. The van der Waals surface area contributed by atoms with E-state index in [0.29, 0.717) is 16.6 Å². The number of fused-ring (bicyclic) bond motifs is 5. The Hall–Kier alpha value is -0.410. The highest BCUT2D eigenvalue weighted by molar-refractivity contribution is 7.80. The highest BCUT2D eigenvalue weighted by atomic mass is 32.1. The van der Waals surface area contributed by atoms with E-state index in [4.69, 9.17) is 21.8 Å². The van der Waals surface area contributed by atoms with Crippen molar-refractivity contribution in [2.75, 3.05) is 7.11 Å². The Balaban J connectivity index is 1.52. The highest BCUT2D eigenvalue weighted by Crippen LogP contribution is 2.71. The van der Waals surface area contributed by atoms with E-state index in [1.165, 1.54) is 63.4 Å². The number of hydrogen-bond acceptors (Lipinski definition) is 3. The van der Waals surface area contributed by atoms with E-state index in [9.17, 15) is 0 Å². The van der Waals surface area contributed by atoms with E-state index >= 15 is 0 Å². The van der Waals surface area contributed by atoms with Crippen molar-refractivity contribution in [3.63, 3.8) is 0 Å². The third kappa shape index (κ3) is 2.37. The van der Waals surface area contributed by atoms with Crippen molar-refractivity contribution in [1.82, 2.24) is 0 Å². The van der Waals surface area contributed by atoms with E-state index in [-0.39, 0.29) is 11.0 Å². The Morgan fingerprint density at radius 2 is 1.89 bits per heavy atom. The lowest BCUT2D eigenvalue weighted by molar-refractivity contribution is -0.214. The molecule has 4 aliphatic carbocycles. The molecular weight excluding hydrogens is 352 g/mol. The van der Waals surface area contributed by atoms with Crippen molar-refractivity contribution < 1.29 is 9.15 Å². The molecule has 0 saturated heterocycles. The molecule has 0 bridgehead atoms. The minimum absolute atomic E-state index is 0.0453. The number of furan rings is 1. The summed E-state index contributed by atoms with van der Waals surface area (Å²) < 4.78 is 12.1. The van der Waals surface area contributed by atoms with Crippen LogP contribution in [0.15, 0.2) is 23.0 Å². The molecule has 3 heteroatoms. The Morgan fingerprint density at radius 3 is 2.63 bits per heavy atom. The molecule has 4 fully saturated rings. The minimum atomic E-state index is 0.0453. The van der Waals surface area contributed by atoms with Gasteiger partial charge < -0.3 is 9.15 Å². The van der Waals surface area contributed by atoms with Gasteiger partial charge in [0.2, 0.25) is 0 Å². The summed E-state index contributed by atoms with van der Waals surface area (Å²) in [6, 6.07) is 2.19. The number of thiol groups is 1. The Kier molecular flexibility index (Phi) is 4.34. The summed E-state index contributed by atoms with van der Waals surface area (Å²) in [6.07, 6.45) is 15.7. The van der Waals surface area contributed by atoms with Crippen molar-refractivity contribution >= 4 is 12.6 Å². The van der Waals surface area contributed by atoms with Crippen molar-refractivity contribution in [2.24, 2.45) is 28.6 Å². The molecule has 1 aromatic heterocycles. The van der Waals surface area contributed by atoms with Gasteiger partial charge in [-0.3, -0.25) is 0 Å². The zero-order valence-electron chi connectivity index (χ0n) is 17.2. The molecule has 0 unspecified atom stereocenters. The molecule has 0 aromatic carbocycles. The van der Waals surface area contributed by atoms with Crippen molar-refractivity contribution in [3.05, 3.63) is 24.2 Å². The molecule has 2 nitrogen and oxygen atoms in total. The van der Waals surface area contributed by atoms with Crippen LogP contribution in [0.5, 0.6) is 0 Å². The predicted octanol–water partition coefficient (Wildman–Crippen LogP) is 6.47. The molecule has 8 atom stereocenters. The fraction of sp³-hybridized carbons (Fsp3) is 0.833. The topological polar surface area (TPSA) is 22.4 Å². The number of ether oxygens (including phenoxy) is 1. The van der Waals surface area contributed by atoms with Gasteiger partial charge in [-0.1, -0.05) is 13.8 Å². The maximum absolute atomic E-state index is 6.60. The zero-order chi connectivity index (χ0) is 18.9. The van der Waals surface area contributed by atoms with Gasteiger partial charge in [-0.05, 0) is 98.5 Å². The highest BCUT2D eigenvalue weighted by Gasteiger charge is 2.68. The lowest BCUT2D eigenvalue weighted by Crippen LogP contribution is -2.62. The monoisotopic (exact) mass is 388 g/mol. The zero-order valence-corrected chi connectivity index (χ0v) is 18.1. The summed E-state index contributed by atoms with van der Waals surface area (Å²) in [5, 5.41) is 0.627. The average Bonchev–Trinajstić information content (AvgIpc) is 3.27. The molecule has 0 amide bonds. The van der Waals surface area contributed by atoms with Crippen LogP contribution in [0.3, 0.4) is 0 Å². The van der Waals surface area contributed by atoms with E-state index in [0.717, 1.165) is 17.8 Å². The third-order valence-electron chi connectivity index (χ3n) is 10.1. The van der Waals surface area contributed by atoms with Gasteiger partial charge in [-0.15, -0.1) is 0 Å². The van der Waals surface area contributed by atoms with E-state index in [2.05, 4.69) is 19.9 Å². The second-order valence-electron chi connectivity index (χ2n) is 10.6. The average molecular weight is 389 g/mol. The van der Waals surface area contributed by atoms with Crippen LogP contribution < -0.4 is 0 Å². The van der Waals surface area contributed by atoms with E-state index in [1.807, 2.05) is 19.6 Å². The molecule has 150 valence electrons. The first kappa shape index (κ1) is 18.6. The molecule has 1 aromatic rings. The molecule has 4 aliphatic rings. The van der Waals surface area contributed by atoms with Crippen LogP contribution >= 0.6 is 12.6 Å². The molecule has 5 rings (SSSR count). The quantitative estimate of drug-likeness (QED) is 0.586. The van der Waals surface area contributed by atoms with Gasteiger partial charge in [-0.25, -0.2) is 0 Å². The molecule has 4 saturated carbocycles. The van der Waals surface area contributed by atoms with Gasteiger partial charge in [0.15, 0.2) is 0 Å². The van der Waals surface area contributed by atoms with E-state index < -0.39 is 0 Å². The minimum Gasteiger partial charge on any atom is -0.472 e. The van der Waals surface area contributed by atoms with Crippen molar-refractivity contribution in [3.8, 4) is 0 Å². The molecule has 27 heavy (non-hydrogen) atoms. The Labute approximate surface area is 170 Å². The molecule has 1 heterocycles. The number of hydrogen-bond donors (Lipinski definition) is 1. The van der Waals surface area contributed by atoms with Gasteiger partial charge in [0.05, 0.1) is 18.1 Å². The second kappa shape index (κ2) is 6.29. The lowest BCUT2D eigenvalue weighted by Gasteiger charge is -2.64. The molecule has 0 N–H and O–H groups in total. The predicted molar refractivity (Wildman–Crippen MR) is 112 cm³/mol. The van der Waals surface area contributed by atoms with Gasteiger partial charge in [-0.2, -0.15) is 12.6 Å². The summed E-state index contributed by atoms with van der Waals surface area (Å²) in [6.45, 7) is 5.17. The van der Waals surface area contributed by atoms with Crippen LogP contribution in [-0.4, -0.2) is 18.0 Å². The van der Waals surface area contributed by atoms with Crippen molar-refractivity contribution in [1.29, 1.82) is 0 Å². The maximum Gasteiger partial charge on any atom is 0.0937 e. The Morgan fingerprint density at radius 1 is 1.04 bits per heavy atom. The summed E-state index contributed by atoms with van der Waals surface area (Å²) in [7, 11) is 2.01. The first-order valence-corrected chi connectivity index (χ1v) is 11.7.